The van der Waals surface area contributed by atoms with Crippen LogP contribution in [0.15, 0.2) is 23.2 Å². The monoisotopic (exact) mass is 238 g/mol. The Hall–Kier alpha value is -0.470. The lowest BCUT2D eigenvalue weighted by molar-refractivity contribution is -0.139. The number of carbonyl (C=O) groups excluding carboxylic acids is 1. The Kier molecular flexibility index (Phi) is 12.1. The summed E-state index contributed by atoms with van der Waals surface area (Å²) < 4.78 is 4.92. The number of rotatable bonds is 4. The lowest BCUT2D eigenvalue weighted by atomic mass is 10.3. The van der Waals surface area contributed by atoms with E-state index in [1.54, 1.807) is 6.92 Å². The van der Waals surface area contributed by atoms with E-state index in [1.807, 2.05) is 0 Å². The van der Waals surface area contributed by atoms with Crippen molar-refractivity contribution in [3.05, 3.63) is 23.2 Å². The van der Waals surface area contributed by atoms with Crippen molar-refractivity contribution in [1.82, 2.24) is 0 Å². The van der Waals surface area contributed by atoms with Gasteiger partial charge in [-0.1, -0.05) is 49.7 Å². The molecule has 0 heterocycles. The summed E-state index contributed by atoms with van der Waals surface area (Å²) in [7, 11) is 0. The first-order valence-corrected chi connectivity index (χ1v) is 5.00. The van der Waals surface area contributed by atoms with Gasteiger partial charge in [-0.05, 0) is 13.3 Å². The Bertz CT molecular complexity index is 196. The van der Waals surface area contributed by atoms with Crippen molar-refractivity contribution in [2.45, 2.75) is 26.7 Å². The van der Waals surface area contributed by atoms with Crippen LogP contribution in [0, 0.1) is 0 Å². The maximum atomic E-state index is 10.7. The molecular weight excluding hydrogens is 223 g/mol. The van der Waals surface area contributed by atoms with Crippen LogP contribution in [0.4, 0.5) is 0 Å². The lowest BCUT2D eigenvalue weighted by Gasteiger charge is -2.01. The second kappa shape index (κ2) is 10.6. The number of halogens is 2. The number of unbranched alkanes of at least 4 members (excludes halogenated alkanes) is 1. The van der Waals surface area contributed by atoms with Gasteiger partial charge >= 0.3 is 5.97 Å². The highest BCUT2D eigenvalue weighted by Crippen LogP contribution is 1.98. The highest BCUT2D eigenvalue weighted by Gasteiger charge is 2.00. The van der Waals surface area contributed by atoms with E-state index >= 15 is 0 Å². The predicted molar refractivity (Wildman–Crippen MR) is 61.5 cm³/mol. The first-order valence-electron chi connectivity index (χ1n) is 4.24. The molecule has 2 nitrogen and oxygen atoms in total. The average molecular weight is 239 g/mol. The quantitative estimate of drug-likeness (QED) is 0.423. The van der Waals surface area contributed by atoms with Gasteiger partial charge in [0.2, 0.25) is 0 Å². The molecule has 0 aliphatic carbocycles. The van der Waals surface area contributed by atoms with Gasteiger partial charge in [-0.15, -0.1) is 0 Å². The van der Waals surface area contributed by atoms with Crippen LogP contribution in [0.5, 0.6) is 0 Å². The molecule has 0 unspecified atom stereocenters. The van der Waals surface area contributed by atoms with E-state index in [2.05, 4.69) is 20.1 Å². The number of carbonyl (C=O) groups is 1. The molecule has 0 aliphatic heterocycles. The first kappa shape index (κ1) is 16.0. The van der Waals surface area contributed by atoms with Crippen LogP contribution in [-0.2, 0) is 9.53 Å². The molecule has 4 heteroatoms. The Morgan fingerprint density at radius 2 is 1.79 bits per heavy atom. The van der Waals surface area contributed by atoms with Gasteiger partial charge in [-0.2, -0.15) is 0 Å². The normalized spacial score (nSPS) is 8.29. The summed E-state index contributed by atoms with van der Waals surface area (Å²) in [5.41, 5.74) is 0.469. The molecule has 0 radical (unpaired) electrons. The fourth-order valence-electron chi connectivity index (χ4n) is 0.432. The summed E-state index contributed by atoms with van der Waals surface area (Å²) in [5, 5.41) is 0. The van der Waals surface area contributed by atoms with Crippen LogP contribution in [0.3, 0.4) is 0 Å². The first-order chi connectivity index (χ1) is 6.41. The van der Waals surface area contributed by atoms with E-state index in [1.165, 1.54) is 0 Å². The smallest absolute Gasteiger partial charge is 0.333 e. The molecule has 0 aliphatic rings. The van der Waals surface area contributed by atoms with Crippen LogP contribution >= 0.6 is 23.2 Å². The van der Waals surface area contributed by atoms with Crippen LogP contribution in [-0.4, -0.2) is 12.6 Å². The van der Waals surface area contributed by atoms with Crippen molar-refractivity contribution >= 4 is 29.2 Å². The number of esters is 1. The number of hydrogen-bond acceptors (Lipinski definition) is 2. The van der Waals surface area contributed by atoms with Gasteiger partial charge in [0.05, 0.1) is 11.1 Å². The summed E-state index contributed by atoms with van der Waals surface area (Å²) in [6.07, 6.45) is 1.97. The van der Waals surface area contributed by atoms with Gasteiger partial charge in [-0.25, -0.2) is 4.79 Å². The maximum Gasteiger partial charge on any atom is 0.333 e. The van der Waals surface area contributed by atoms with Crippen LogP contribution in [0.1, 0.15) is 26.7 Å². The summed E-state index contributed by atoms with van der Waals surface area (Å²) in [6, 6.07) is 0. The van der Waals surface area contributed by atoms with Crippen LogP contribution in [0.2, 0.25) is 0 Å². The molecule has 14 heavy (non-hydrogen) atoms. The Labute approximate surface area is 95.5 Å². The Morgan fingerprint density at radius 1 is 1.36 bits per heavy atom. The third-order valence-electron chi connectivity index (χ3n) is 1.08. The van der Waals surface area contributed by atoms with E-state index in [0.29, 0.717) is 12.2 Å². The Morgan fingerprint density at radius 3 is 2.07 bits per heavy atom. The summed E-state index contributed by atoms with van der Waals surface area (Å²) in [6.45, 7) is 10.8. The minimum absolute atomic E-state index is 0.111. The van der Waals surface area contributed by atoms with Gasteiger partial charge < -0.3 is 4.74 Å². The van der Waals surface area contributed by atoms with E-state index in [-0.39, 0.29) is 10.5 Å². The summed E-state index contributed by atoms with van der Waals surface area (Å²) >= 11 is 9.69. The van der Waals surface area contributed by atoms with Crippen LogP contribution in [0.25, 0.3) is 0 Å². The topological polar surface area (TPSA) is 26.3 Å². The summed E-state index contributed by atoms with van der Waals surface area (Å²) in [4.78, 5) is 10.7. The minimum Gasteiger partial charge on any atom is -0.462 e. The zero-order valence-corrected chi connectivity index (χ0v) is 10.1. The van der Waals surface area contributed by atoms with Crippen molar-refractivity contribution in [2.75, 3.05) is 6.61 Å². The second-order valence-corrected chi connectivity index (χ2v) is 3.71. The van der Waals surface area contributed by atoms with Crippen molar-refractivity contribution in [3.8, 4) is 0 Å². The third-order valence-corrected chi connectivity index (χ3v) is 1.08. The second-order valence-electron chi connectivity index (χ2n) is 2.61. The lowest BCUT2D eigenvalue weighted by Crippen LogP contribution is -2.05. The molecule has 0 N–H and O–H groups in total. The van der Waals surface area contributed by atoms with Crippen molar-refractivity contribution < 1.29 is 9.53 Å². The molecule has 0 atom stereocenters. The molecule has 0 bridgehead atoms. The Balaban J connectivity index is 0. The molecule has 0 saturated heterocycles. The van der Waals surface area contributed by atoms with Gasteiger partial charge in [0.1, 0.15) is 0 Å². The SMILES string of the molecule is C=C(C)C(=O)OCCCC.C=C(Cl)Cl. The molecule has 0 fully saturated rings. The standard InChI is InChI=1S/C8H14O2.C2H2Cl2/c1-4-5-6-10-8(9)7(2)3;1-2(3)4/h2,4-6H2,1,3H3;1H2. The molecule has 0 spiro atoms. The van der Waals surface area contributed by atoms with E-state index in [9.17, 15) is 4.79 Å². The van der Waals surface area contributed by atoms with E-state index < -0.39 is 0 Å². The third kappa shape index (κ3) is 17.6. The zero-order valence-electron chi connectivity index (χ0n) is 8.61. The molecule has 0 rings (SSSR count). The molecule has 0 aromatic heterocycles. The van der Waals surface area contributed by atoms with Gasteiger partial charge in [0.25, 0.3) is 0 Å². The average Bonchev–Trinajstić information content (AvgIpc) is 2.03. The van der Waals surface area contributed by atoms with Gasteiger partial charge in [0.15, 0.2) is 0 Å². The van der Waals surface area contributed by atoms with E-state index in [0.717, 1.165) is 12.8 Å². The van der Waals surface area contributed by atoms with Crippen molar-refractivity contribution in [3.63, 3.8) is 0 Å². The van der Waals surface area contributed by atoms with Crippen molar-refractivity contribution in [2.24, 2.45) is 0 Å². The van der Waals surface area contributed by atoms with E-state index in [4.69, 9.17) is 27.9 Å². The summed E-state index contributed by atoms with van der Waals surface area (Å²) in [5.74, 6) is -0.284. The molecule has 0 aromatic carbocycles. The molecule has 82 valence electrons. The maximum absolute atomic E-state index is 10.7. The fraction of sp³-hybridized carbons (Fsp3) is 0.500. The molecular formula is C10H16Cl2O2. The molecule has 0 saturated carbocycles. The van der Waals surface area contributed by atoms with Gasteiger partial charge in [-0.3, -0.25) is 0 Å². The largest absolute Gasteiger partial charge is 0.462 e. The molecule has 0 amide bonds. The minimum atomic E-state index is -0.284. The van der Waals surface area contributed by atoms with Crippen LogP contribution < -0.4 is 0 Å². The highest BCUT2D eigenvalue weighted by molar-refractivity contribution is 6.55. The number of hydrogen-bond donors (Lipinski definition) is 0. The van der Waals surface area contributed by atoms with Gasteiger partial charge in [0, 0.05) is 5.57 Å². The predicted octanol–water partition coefficient (Wildman–Crippen LogP) is 3.84. The fourth-order valence-corrected chi connectivity index (χ4v) is 0.432. The highest BCUT2D eigenvalue weighted by atomic mass is 35.5. The molecule has 0 aromatic rings. The van der Waals surface area contributed by atoms with Crippen molar-refractivity contribution in [1.29, 1.82) is 0 Å². The zero-order chi connectivity index (χ0) is 11.6. The number of ether oxygens (including phenoxy) is 1.